The van der Waals surface area contributed by atoms with E-state index in [0.29, 0.717) is 24.2 Å². The van der Waals surface area contributed by atoms with Crippen LogP contribution in [-0.2, 0) is 0 Å². The topological polar surface area (TPSA) is 66.5 Å². The maximum atomic E-state index is 11.8. The molecule has 0 saturated carbocycles. The molecule has 0 bridgehead atoms. The zero-order chi connectivity index (χ0) is 15.1. The molecule has 6 heteroatoms. The third-order valence-electron chi connectivity index (χ3n) is 3.83. The van der Waals surface area contributed by atoms with E-state index in [-0.39, 0.29) is 6.03 Å². The van der Waals surface area contributed by atoms with Gasteiger partial charge in [0.25, 0.3) is 0 Å². The average Bonchev–Trinajstić information content (AvgIpc) is 2.50. The van der Waals surface area contributed by atoms with E-state index in [4.69, 9.17) is 4.74 Å². The molecule has 0 radical (unpaired) electrons. The minimum absolute atomic E-state index is 0.202. The van der Waals surface area contributed by atoms with Crippen molar-refractivity contribution in [2.75, 3.05) is 32.1 Å². The third kappa shape index (κ3) is 4.90. The van der Waals surface area contributed by atoms with Gasteiger partial charge < -0.3 is 15.4 Å². The van der Waals surface area contributed by atoms with Gasteiger partial charge in [-0.1, -0.05) is 6.42 Å². The van der Waals surface area contributed by atoms with Crippen LogP contribution in [0.2, 0.25) is 0 Å². The molecule has 6 nitrogen and oxygen atoms in total. The number of nitrogens with one attached hydrogen (secondary N) is 2. The Hall–Kier alpha value is -1.82. The number of urea groups is 1. The van der Waals surface area contributed by atoms with Gasteiger partial charge in [0.15, 0.2) is 0 Å². The van der Waals surface area contributed by atoms with E-state index >= 15 is 0 Å². The van der Waals surface area contributed by atoms with Crippen molar-refractivity contribution in [3.05, 3.63) is 18.3 Å². The van der Waals surface area contributed by atoms with Crippen molar-refractivity contribution in [3.8, 4) is 5.88 Å². The SMILES string of the molecule is COc1ccc(NC(=O)NCCN2CCCC[C@H]2C)cn1. The smallest absolute Gasteiger partial charge is 0.319 e. The van der Waals surface area contributed by atoms with Crippen molar-refractivity contribution in [3.63, 3.8) is 0 Å². The van der Waals surface area contributed by atoms with Crippen molar-refractivity contribution < 1.29 is 9.53 Å². The Morgan fingerprint density at radius 3 is 3.00 bits per heavy atom. The standard InChI is InChI=1S/C15H24N4O2/c1-12-5-3-4-9-19(12)10-8-16-15(20)18-13-6-7-14(21-2)17-11-13/h6-7,11-12H,3-5,8-10H2,1-2H3,(H2,16,18,20)/t12-/m1/s1. The van der Waals surface area contributed by atoms with Gasteiger partial charge in [-0.3, -0.25) is 4.90 Å². The zero-order valence-electron chi connectivity index (χ0n) is 12.8. The summed E-state index contributed by atoms with van der Waals surface area (Å²) in [5.74, 6) is 0.528. The van der Waals surface area contributed by atoms with Gasteiger partial charge in [-0.15, -0.1) is 0 Å². The largest absolute Gasteiger partial charge is 0.481 e. The van der Waals surface area contributed by atoms with E-state index in [1.807, 2.05) is 0 Å². The number of hydrogen-bond acceptors (Lipinski definition) is 4. The van der Waals surface area contributed by atoms with Crippen molar-refractivity contribution >= 4 is 11.7 Å². The first-order chi connectivity index (χ1) is 10.2. The monoisotopic (exact) mass is 292 g/mol. The second-order valence-corrected chi connectivity index (χ2v) is 5.35. The molecule has 2 amide bonds. The molecule has 0 aromatic carbocycles. The van der Waals surface area contributed by atoms with Gasteiger partial charge in [-0.2, -0.15) is 0 Å². The summed E-state index contributed by atoms with van der Waals surface area (Å²) in [6, 6.07) is 3.89. The van der Waals surface area contributed by atoms with Crippen LogP contribution in [0.3, 0.4) is 0 Å². The van der Waals surface area contributed by atoms with E-state index in [1.54, 1.807) is 25.4 Å². The summed E-state index contributed by atoms with van der Waals surface area (Å²) in [5.41, 5.74) is 0.652. The van der Waals surface area contributed by atoms with Gasteiger partial charge in [0.2, 0.25) is 5.88 Å². The number of carbonyl (C=O) groups excluding carboxylic acids is 1. The molecule has 0 unspecified atom stereocenters. The molecule has 2 N–H and O–H groups in total. The molecule has 0 spiro atoms. The van der Waals surface area contributed by atoms with Gasteiger partial charge in [0.05, 0.1) is 19.0 Å². The molecule has 1 aromatic rings. The Labute approximate surface area is 125 Å². The summed E-state index contributed by atoms with van der Waals surface area (Å²) in [6.45, 7) is 4.93. The van der Waals surface area contributed by atoms with Crippen molar-refractivity contribution in [1.29, 1.82) is 0 Å². The summed E-state index contributed by atoms with van der Waals surface area (Å²) >= 11 is 0. The molecule has 21 heavy (non-hydrogen) atoms. The van der Waals surface area contributed by atoms with Crippen LogP contribution in [0.1, 0.15) is 26.2 Å². The van der Waals surface area contributed by atoms with Crippen LogP contribution < -0.4 is 15.4 Å². The molecule has 0 aliphatic carbocycles. The highest BCUT2D eigenvalue weighted by Gasteiger charge is 2.17. The molecule has 1 aliphatic heterocycles. The molecule has 2 rings (SSSR count). The highest BCUT2D eigenvalue weighted by molar-refractivity contribution is 5.88. The molecular formula is C15H24N4O2. The minimum Gasteiger partial charge on any atom is -0.481 e. The van der Waals surface area contributed by atoms with E-state index in [1.165, 1.54) is 19.3 Å². The fourth-order valence-electron chi connectivity index (χ4n) is 2.55. The number of ether oxygens (including phenoxy) is 1. The molecule has 1 aromatic heterocycles. The quantitative estimate of drug-likeness (QED) is 0.872. The normalized spacial score (nSPS) is 19.0. The van der Waals surface area contributed by atoms with Gasteiger partial charge in [-0.25, -0.2) is 9.78 Å². The van der Waals surface area contributed by atoms with Gasteiger partial charge in [0.1, 0.15) is 0 Å². The van der Waals surface area contributed by atoms with Crippen molar-refractivity contribution in [2.24, 2.45) is 0 Å². The number of amides is 2. The Kier molecular flexibility index (Phi) is 5.80. The van der Waals surface area contributed by atoms with Crippen molar-refractivity contribution in [1.82, 2.24) is 15.2 Å². The second kappa shape index (κ2) is 7.83. The molecule has 1 fully saturated rings. The van der Waals surface area contributed by atoms with E-state index < -0.39 is 0 Å². The Morgan fingerprint density at radius 1 is 1.48 bits per heavy atom. The van der Waals surface area contributed by atoms with Crippen LogP contribution in [0.5, 0.6) is 5.88 Å². The number of rotatable bonds is 5. The van der Waals surface area contributed by atoms with Crippen LogP contribution in [0.4, 0.5) is 10.5 Å². The first-order valence-corrected chi connectivity index (χ1v) is 7.48. The fourth-order valence-corrected chi connectivity index (χ4v) is 2.55. The summed E-state index contributed by atoms with van der Waals surface area (Å²) in [5, 5.41) is 5.63. The van der Waals surface area contributed by atoms with E-state index in [9.17, 15) is 4.79 Å². The third-order valence-corrected chi connectivity index (χ3v) is 3.83. The minimum atomic E-state index is -0.202. The Bertz CT molecular complexity index is 449. The maximum absolute atomic E-state index is 11.8. The fraction of sp³-hybridized carbons (Fsp3) is 0.600. The lowest BCUT2D eigenvalue weighted by Gasteiger charge is -2.33. The summed E-state index contributed by atoms with van der Waals surface area (Å²) < 4.78 is 4.97. The highest BCUT2D eigenvalue weighted by atomic mass is 16.5. The number of anilines is 1. The molecule has 116 valence electrons. The summed E-state index contributed by atoms with van der Waals surface area (Å²) in [4.78, 5) is 18.3. The number of pyridine rings is 1. The number of likely N-dealkylation sites (tertiary alicyclic amines) is 1. The number of aromatic nitrogens is 1. The van der Waals surface area contributed by atoms with E-state index in [2.05, 4.69) is 27.4 Å². The lowest BCUT2D eigenvalue weighted by Crippen LogP contribution is -2.43. The van der Waals surface area contributed by atoms with Gasteiger partial charge in [0, 0.05) is 25.2 Å². The van der Waals surface area contributed by atoms with Gasteiger partial charge >= 0.3 is 6.03 Å². The maximum Gasteiger partial charge on any atom is 0.319 e. The lowest BCUT2D eigenvalue weighted by atomic mass is 10.0. The Balaban J connectivity index is 1.69. The van der Waals surface area contributed by atoms with Crippen LogP contribution >= 0.6 is 0 Å². The highest BCUT2D eigenvalue weighted by Crippen LogP contribution is 2.15. The number of nitrogens with zero attached hydrogens (tertiary/aromatic N) is 2. The number of carbonyl (C=O) groups is 1. The molecule has 1 aliphatic rings. The first kappa shape index (κ1) is 15.6. The van der Waals surface area contributed by atoms with Crippen LogP contribution in [0, 0.1) is 0 Å². The number of hydrogen-bond donors (Lipinski definition) is 2. The molecular weight excluding hydrogens is 268 g/mol. The Morgan fingerprint density at radius 2 is 2.33 bits per heavy atom. The summed E-state index contributed by atoms with van der Waals surface area (Å²) in [6.07, 6.45) is 5.40. The van der Waals surface area contributed by atoms with Crippen LogP contribution in [0.25, 0.3) is 0 Å². The summed E-state index contributed by atoms with van der Waals surface area (Å²) in [7, 11) is 1.56. The predicted octanol–water partition coefficient (Wildman–Crippen LogP) is 2.09. The number of piperidine rings is 1. The average molecular weight is 292 g/mol. The molecule has 1 atom stereocenters. The first-order valence-electron chi connectivity index (χ1n) is 7.48. The van der Waals surface area contributed by atoms with Crippen LogP contribution in [0.15, 0.2) is 18.3 Å². The lowest BCUT2D eigenvalue weighted by molar-refractivity contribution is 0.162. The molecule has 2 heterocycles. The zero-order valence-corrected chi connectivity index (χ0v) is 12.8. The van der Waals surface area contributed by atoms with Crippen LogP contribution in [-0.4, -0.2) is 48.7 Å². The van der Waals surface area contributed by atoms with Crippen molar-refractivity contribution in [2.45, 2.75) is 32.2 Å². The second-order valence-electron chi connectivity index (χ2n) is 5.35. The van der Waals surface area contributed by atoms with E-state index in [0.717, 1.165) is 13.1 Å². The molecule has 1 saturated heterocycles. The van der Waals surface area contributed by atoms with Gasteiger partial charge in [-0.05, 0) is 32.4 Å². The number of methoxy groups -OCH3 is 1. The predicted molar refractivity (Wildman–Crippen MR) is 82.7 cm³/mol.